The summed E-state index contributed by atoms with van der Waals surface area (Å²) in [5.41, 5.74) is 61.1. The largest absolute Gasteiger partial charge is 0.480 e. The third-order valence-electron chi connectivity index (χ3n) is 14.8. The molecule has 1 aromatic rings. The molecule has 0 aromatic heterocycles. The molecule has 0 saturated carbocycles. The summed E-state index contributed by atoms with van der Waals surface area (Å²) < 4.78 is 0. The van der Waals surface area contributed by atoms with Gasteiger partial charge < -0.3 is 126 Å². The number of likely N-dealkylation sites (tertiary alicyclic amines) is 1. The molecule has 38 nitrogen and oxygen atoms in total. The van der Waals surface area contributed by atoms with Crippen molar-refractivity contribution in [3.63, 3.8) is 0 Å². The fraction of sp³-hybridized carbons (Fsp3) is 0.625. The lowest BCUT2D eigenvalue weighted by atomic mass is 9.96. The number of carbonyl (C=O) groups excluding carboxylic acids is 9. The molecule has 0 aliphatic carbocycles. The summed E-state index contributed by atoms with van der Waals surface area (Å²) in [5.74, 6) is -11.2. The number of carboxylic acids is 1. The van der Waals surface area contributed by atoms with Crippen molar-refractivity contribution in [2.75, 3.05) is 52.5 Å². The first-order chi connectivity index (χ1) is 44.5. The number of hydrogen-bond acceptors (Lipinski definition) is 18. The Morgan fingerprint density at radius 1 is 0.489 bits per heavy atom. The van der Waals surface area contributed by atoms with Gasteiger partial charge in [-0.1, -0.05) is 50.6 Å². The standard InChI is InChI=1S/C56H99N25O13/c1-3-30(2)41(49(91)75-35(18-10-24-71-55(64)65)43(85)76-36(51(93)94)19-11-25-72-56(66)67)80-48(90)40-20-12-26-81(40)50(92)39(29-83)79-45(87)34(17-9-23-70-54(62)63)74-47(89)38(28-82)78-46(88)37(27-31-13-5-4-6-14-31)77-44(86)33(16-8-22-69-53(60)61)73-42(84)32(57)15-7-21-68-52(58)59/h4-6,13-14,30,32-41,82-83H,3,7-12,15-29,57H2,1-2H3,(H,73,84)(H,74,89)(H,75,91)(H,76,85)(H,77,86)(H,78,88)(H,79,87)(H,80,90)(H,93,94)(H4,58,59,68)(H4,60,61,69)(H4,62,63,70)(H4,64,65,71)(H4,66,67,72)/t30-,32-,33-,34-,35-,36-,37-,38-,39-,40-,41-/m0/s1. The van der Waals surface area contributed by atoms with Gasteiger partial charge in [0.2, 0.25) is 53.2 Å². The van der Waals surface area contributed by atoms with Crippen LogP contribution in [-0.2, 0) is 54.4 Å². The Labute approximate surface area is 544 Å². The number of amides is 9. The maximum atomic E-state index is 14.4. The monoisotopic (exact) mass is 1330 g/mol. The van der Waals surface area contributed by atoms with Gasteiger partial charge in [-0.3, -0.25) is 68.1 Å². The Hall–Kier alpha value is -9.85. The number of benzene rings is 1. The van der Waals surface area contributed by atoms with Crippen LogP contribution in [0.1, 0.15) is 103 Å². The van der Waals surface area contributed by atoms with Gasteiger partial charge in [-0.15, -0.1) is 0 Å². The van der Waals surface area contributed by atoms with Gasteiger partial charge in [0, 0.05) is 45.7 Å². The molecule has 0 spiro atoms. The van der Waals surface area contributed by atoms with E-state index in [1.807, 2.05) is 0 Å². The van der Waals surface area contributed by atoms with Gasteiger partial charge in [0.1, 0.15) is 54.4 Å². The number of hydrogen-bond donors (Lipinski definition) is 22. The molecule has 33 N–H and O–H groups in total. The van der Waals surface area contributed by atoms with Crippen LogP contribution >= 0.6 is 0 Å². The molecule has 9 amide bonds. The van der Waals surface area contributed by atoms with E-state index in [1.54, 1.807) is 44.2 Å². The maximum absolute atomic E-state index is 14.4. The normalized spacial score (nSPS) is 15.7. The highest BCUT2D eigenvalue weighted by Crippen LogP contribution is 2.21. The minimum Gasteiger partial charge on any atom is -0.480 e. The lowest BCUT2D eigenvalue weighted by Crippen LogP contribution is -2.61. The van der Waals surface area contributed by atoms with Crippen LogP contribution in [0.15, 0.2) is 55.3 Å². The van der Waals surface area contributed by atoms with Crippen LogP contribution in [0, 0.1) is 5.92 Å². The number of guanidine groups is 5. The Kier molecular flexibility index (Phi) is 36.8. The maximum Gasteiger partial charge on any atom is 0.326 e. The highest BCUT2D eigenvalue weighted by molar-refractivity contribution is 5.99. The van der Waals surface area contributed by atoms with Crippen LogP contribution in [0.2, 0.25) is 0 Å². The van der Waals surface area contributed by atoms with Gasteiger partial charge in [-0.2, -0.15) is 0 Å². The van der Waals surface area contributed by atoms with Gasteiger partial charge >= 0.3 is 5.97 Å². The fourth-order valence-corrected chi connectivity index (χ4v) is 9.52. The van der Waals surface area contributed by atoms with Crippen molar-refractivity contribution in [3.8, 4) is 0 Å². The topological polar surface area (TPSA) is 679 Å². The van der Waals surface area contributed by atoms with E-state index in [9.17, 15) is 63.3 Å². The van der Waals surface area contributed by atoms with Crippen molar-refractivity contribution in [2.24, 2.45) is 94.0 Å². The number of aliphatic carboxylic acids is 1. The first kappa shape index (κ1) is 80.2. The summed E-state index contributed by atoms with van der Waals surface area (Å²) in [7, 11) is 0. The smallest absolute Gasteiger partial charge is 0.326 e. The molecule has 1 saturated heterocycles. The highest BCUT2D eigenvalue weighted by atomic mass is 16.4. The second-order valence-corrected chi connectivity index (χ2v) is 22.2. The number of nitrogens with two attached hydrogens (primary N) is 11. The van der Waals surface area contributed by atoms with E-state index in [-0.39, 0.29) is 146 Å². The van der Waals surface area contributed by atoms with Gasteiger partial charge in [-0.05, 0) is 88.5 Å². The SMILES string of the molecule is CC[C@H](C)[C@H](NC(=O)[C@@H]1CCCN1C(=O)[C@H](CO)NC(=O)[C@H](CCCN=C(N)N)NC(=O)[C@H](CO)NC(=O)[C@H](Cc1ccccc1)NC(=O)[C@H](CCCN=C(N)N)NC(=O)[C@@H](N)CCCN=C(N)N)C(=O)N[C@@H](CCCN=C(N)N)C(=O)N[C@@H](CCCN=C(N)N)C(=O)O. The van der Waals surface area contributed by atoms with Crippen LogP contribution in [0.25, 0.3) is 0 Å². The molecule has 94 heavy (non-hydrogen) atoms. The predicted molar refractivity (Wildman–Crippen MR) is 349 cm³/mol. The molecular formula is C56H99N25O13. The van der Waals surface area contributed by atoms with Crippen LogP contribution in [0.3, 0.4) is 0 Å². The molecule has 1 fully saturated rings. The van der Waals surface area contributed by atoms with E-state index in [4.69, 9.17) is 63.1 Å². The number of carbonyl (C=O) groups is 10. The molecule has 11 atom stereocenters. The van der Waals surface area contributed by atoms with Crippen LogP contribution in [0.4, 0.5) is 0 Å². The average molecular weight is 1330 g/mol. The van der Waals surface area contributed by atoms with Crippen LogP contribution in [0.5, 0.6) is 0 Å². The van der Waals surface area contributed by atoms with Crippen molar-refractivity contribution in [2.45, 2.75) is 164 Å². The molecular weight excluding hydrogens is 1230 g/mol. The summed E-state index contributed by atoms with van der Waals surface area (Å²) >= 11 is 0. The molecule has 1 aliphatic heterocycles. The lowest BCUT2D eigenvalue weighted by Gasteiger charge is -2.31. The molecule has 38 heteroatoms. The Morgan fingerprint density at radius 3 is 1.28 bits per heavy atom. The van der Waals surface area contributed by atoms with Crippen molar-refractivity contribution in [1.29, 1.82) is 0 Å². The summed E-state index contributed by atoms with van der Waals surface area (Å²) in [6.45, 7) is 1.55. The Balaban J connectivity index is 2.42. The van der Waals surface area contributed by atoms with E-state index >= 15 is 0 Å². The fourth-order valence-electron chi connectivity index (χ4n) is 9.52. The molecule has 1 aliphatic rings. The first-order valence-corrected chi connectivity index (χ1v) is 30.8. The molecule has 2 rings (SSSR count). The summed E-state index contributed by atoms with van der Waals surface area (Å²) in [6, 6.07) is -5.98. The van der Waals surface area contributed by atoms with E-state index < -0.39 is 139 Å². The Bertz CT molecular complexity index is 2790. The minimum atomic E-state index is -1.80. The van der Waals surface area contributed by atoms with Gasteiger partial charge in [0.05, 0.1) is 19.3 Å². The number of aliphatic imine (C=N–C) groups is 5. The zero-order chi connectivity index (χ0) is 70.5. The molecule has 0 bridgehead atoms. The second kappa shape index (κ2) is 43.1. The minimum absolute atomic E-state index is 0.0230. The van der Waals surface area contributed by atoms with Crippen LogP contribution in [-0.4, -0.2) is 222 Å². The highest BCUT2D eigenvalue weighted by Gasteiger charge is 2.41. The molecule has 1 aromatic carbocycles. The zero-order valence-corrected chi connectivity index (χ0v) is 53.3. The zero-order valence-electron chi connectivity index (χ0n) is 53.3. The molecule has 0 radical (unpaired) electrons. The van der Waals surface area contributed by atoms with E-state index in [1.165, 1.54) is 0 Å². The summed E-state index contributed by atoms with van der Waals surface area (Å²) in [5, 5.41) is 51.5. The number of aliphatic hydroxyl groups is 2. The number of nitrogens with zero attached hydrogens (tertiary/aromatic N) is 6. The third-order valence-corrected chi connectivity index (χ3v) is 14.8. The second-order valence-electron chi connectivity index (χ2n) is 22.2. The number of aliphatic hydroxyl groups excluding tert-OH is 2. The average Bonchev–Trinajstić information content (AvgIpc) is 1.61. The van der Waals surface area contributed by atoms with E-state index in [0.29, 0.717) is 18.4 Å². The van der Waals surface area contributed by atoms with E-state index in [0.717, 1.165) is 4.90 Å². The van der Waals surface area contributed by atoms with Crippen molar-refractivity contribution in [3.05, 3.63) is 35.9 Å². The molecule has 0 unspecified atom stereocenters. The van der Waals surface area contributed by atoms with Crippen molar-refractivity contribution < 1.29 is 63.3 Å². The van der Waals surface area contributed by atoms with Crippen molar-refractivity contribution in [1.82, 2.24) is 47.4 Å². The van der Waals surface area contributed by atoms with Gasteiger partial charge in [0.25, 0.3) is 0 Å². The lowest BCUT2D eigenvalue weighted by molar-refractivity contribution is -0.144. The number of rotatable bonds is 44. The number of nitrogens with one attached hydrogen (secondary N) is 8. The summed E-state index contributed by atoms with van der Waals surface area (Å²) in [6.07, 6.45) is 1.01. The quantitative estimate of drug-likeness (QED) is 0.0164. The van der Waals surface area contributed by atoms with Crippen LogP contribution < -0.4 is 106 Å². The molecule has 526 valence electrons. The summed E-state index contributed by atoms with van der Waals surface area (Å²) in [4.78, 5) is 159. The van der Waals surface area contributed by atoms with Crippen molar-refractivity contribution >= 4 is 88.9 Å². The van der Waals surface area contributed by atoms with E-state index in [2.05, 4.69) is 67.5 Å². The Morgan fingerprint density at radius 2 is 0.851 bits per heavy atom. The van der Waals surface area contributed by atoms with Gasteiger partial charge in [-0.25, -0.2) is 4.79 Å². The van der Waals surface area contributed by atoms with Gasteiger partial charge in [0.15, 0.2) is 29.8 Å². The third kappa shape index (κ3) is 30.5. The first-order valence-electron chi connectivity index (χ1n) is 30.8. The predicted octanol–water partition coefficient (Wildman–Crippen LogP) is -9.19. The number of carboxylic acid groups (broad SMARTS) is 1. The molecule has 1 heterocycles.